The van der Waals surface area contributed by atoms with Crippen molar-refractivity contribution in [3.05, 3.63) is 54.1 Å². The van der Waals surface area contributed by atoms with Crippen LogP contribution in [0.3, 0.4) is 0 Å². The third kappa shape index (κ3) is 5.46. The first kappa shape index (κ1) is 23.5. The van der Waals surface area contributed by atoms with Crippen LogP contribution in [-0.2, 0) is 21.4 Å². The summed E-state index contributed by atoms with van der Waals surface area (Å²) in [7, 11) is -3.55. The first-order valence-electron chi connectivity index (χ1n) is 10.9. The van der Waals surface area contributed by atoms with Gasteiger partial charge in [-0.3, -0.25) is 9.59 Å². The van der Waals surface area contributed by atoms with E-state index in [4.69, 9.17) is 5.73 Å². The highest BCUT2D eigenvalue weighted by Gasteiger charge is 2.25. The summed E-state index contributed by atoms with van der Waals surface area (Å²) >= 11 is 0. The largest absolute Gasteiger partial charge is 0.366 e. The van der Waals surface area contributed by atoms with Gasteiger partial charge in [-0.1, -0.05) is 25.0 Å². The van der Waals surface area contributed by atoms with Gasteiger partial charge in [0.2, 0.25) is 27.7 Å². The standard InChI is InChI=1S/C22H25N7O4S/c23-21(31)16-5-7-17(8-6-16)22-25-27-29(26-22)15-20(30)24-18-9-11-19(12-10-18)34(32,33)28-13-3-1-2-4-14-28/h5-12H,1-4,13-15H2,(H2,23,31)(H,24,30). The fraction of sp³-hybridized carbons (Fsp3) is 0.318. The third-order valence-electron chi connectivity index (χ3n) is 5.51. The van der Waals surface area contributed by atoms with E-state index in [1.165, 1.54) is 16.4 Å². The van der Waals surface area contributed by atoms with E-state index in [1.807, 2.05) is 0 Å². The molecule has 3 aromatic rings. The topological polar surface area (TPSA) is 153 Å². The van der Waals surface area contributed by atoms with E-state index in [1.54, 1.807) is 36.4 Å². The Bertz CT molecular complexity index is 1260. The van der Waals surface area contributed by atoms with Crippen molar-refractivity contribution in [2.45, 2.75) is 37.1 Å². The molecule has 34 heavy (non-hydrogen) atoms. The number of carbonyl (C=O) groups excluding carboxylic acids is 2. The highest BCUT2D eigenvalue weighted by molar-refractivity contribution is 7.89. The molecule has 1 saturated heterocycles. The van der Waals surface area contributed by atoms with Crippen molar-refractivity contribution in [1.82, 2.24) is 24.5 Å². The molecule has 2 aromatic carbocycles. The minimum atomic E-state index is -3.55. The Morgan fingerprint density at radius 3 is 2.21 bits per heavy atom. The molecule has 2 heterocycles. The fourth-order valence-corrected chi connectivity index (χ4v) is 5.20. The van der Waals surface area contributed by atoms with Crippen molar-refractivity contribution in [2.24, 2.45) is 5.73 Å². The first-order valence-corrected chi connectivity index (χ1v) is 12.3. The van der Waals surface area contributed by atoms with Crippen molar-refractivity contribution in [2.75, 3.05) is 18.4 Å². The number of benzene rings is 2. The summed E-state index contributed by atoms with van der Waals surface area (Å²) in [5, 5.41) is 14.7. The molecule has 1 aromatic heterocycles. The Kier molecular flexibility index (Phi) is 6.98. The molecule has 1 aliphatic rings. The van der Waals surface area contributed by atoms with E-state index >= 15 is 0 Å². The normalized spacial score (nSPS) is 14.9. The van der Waals surface area contributed by atoms with Gasteiger partial charge in [0.25, 0.3) is 0 Å². The predicted octanol–water partition coefficient (Wildman–Crippen LogP) is 1.64. The van der Waals surface area contributed by atoms with Crippen molar-refractivity contribution < 1.29 is 18.0 Å². The van der Waals surface area contributed by atoms with Crippen molar-refractivity contribution in [3.63, 3.8) is 0 Å². The molecule has 0 radical (unpaired) electrons. The summed E-state index contributed by atoms with van der Waals surface area (Å²) in [5.74, 6) is -0.629. The maximum Gasteiger partial charge on any atom is 0.248 e. The fourth-order valence-electron chi connectivity index (χ4n) is 3.68. The second-order valence-corrected chi connectivity index (χ2v) is 9.91. The Balaban J connectivity index is 1.36. The van der Waals surface area contributed by atoms with Crippen LogP contribution >= 0.6 is 0 Å². The van der Waals surface area contributed by atoms with Gasteiger partial charge in [-0.25, -0.2) is 8.42 Å². The summed E-state index contributed by atoms with van der Waals surface area (Å²) in [5.41, 5.74) is 6.68. The average Bonchev–Trinajstić information content (AvgIpc) is 3.10. The Hall–Kier alpha value is -3.64. The van der Waals surface area contributed by atoms with Gasteiger partial charge in [-0.2, -0.15) is 9.10 Å². The Labute approximate surface area is 197 Å². The number of hydrogen-bond donors (Lipinski definition) is 2. The Morgan fingerprint density at radius 2 is 1.59 bits per heavy atom. The van der Waals surface area contributed by atoms with Crippen molar-refractivity contribution in [3.8, 4) is 11.4 Å². The Morgan fingerprint density at radius 1 is 0.941 bits per heavy atom. The van der Waals surface area contributed by atoms with Gasteiger partial charge in [0, 0.05) is 29.9 Å². The number of amides is 2. The maximum atomic E-state index is 12.9. The second kappa shape index (κ2) is 10.1. The molecule has 178 valence electrons. The van der Waals surface area contributed by atoms with Crippen LogP contribution in [0.1, 0.15) is 36.0 Å². The van der Waals surface area contributed by atoms with Crippen LogP contribution in [0.2, 0.25) is 0 Å². The quantitative estimate of drug-likeness (QED) is 0.518. The van der Waals surface area contributed by atoms with Gasteiger partial charge in [0.1, 0.15) is 6.54 Å². The SMILES string of the molecule is NC(=O)c1ccc(-c2nnn(CC(=O)Nc3ccc(S(=O)(=O)N4CCCCCC4)cc3)n2)cc1. The number of nitrogens with one attached hydrogen (secondary N) is 1. The van der Waals surface area contributed by atoms with Crippen LogP contribution in [0.15, 0.2) is 53.4 Å². The molecular formula is C22H25N7O4S. The van der Waals surface area contributed by atoms with Crippen LogP contribution in [0, 0.1) is 0 Å². The van der Waals surface area contributed by atoms with Crippen LogP contribution in [0.25, 0.3) is 11.4 Å². The molecule has 1 fully saturated rings. The summed E-state index contributed by atoms with van der Waals surface area (Å²) in [6.45, 7) is 0.881. The first-order chi connectivity index (χ1) is 16.3. The third-order valence-corrected chi connectivity index (χ3v) is 7.42. The number of hydrogen-bond acceptors (Lipinski definition) is 7. The smallest absolute Gasteiger partial charge is 0.248 e. The summed E-state index contributed by atoms with van der Waals surface area (Å²) in [6.07, 6.45) is 3.82. The summed E-state index contributed by atoms with van der Waals surface area (Å²) in [4.78, 5) is 24.9. The van der Waals surface area contributed by atoms with E-state index in [0.29, 0.717) is 35.7 Å². The molecule has 12 heteroatoms. The molecular weight excluding hydrogens is 458 g/mol. The van der Waals surface area contributed by atoms with E-state index in [0.717, 1.165) is 30.5 Å². The number of carbonyl (C=O) groups is 2. The molecule has 4 rings (SSSR count). The molecule has 0 unspecified atom stereocenters. The number of tetrazole rings is 1. The molecule has 3 N–H and O–H groups in total. The maximum absolute atomic E-state index is 12.9. The van der Waals surface area contributed by atoms with Crippen LogP contribution in [0.4, 0.5) is 5.69 Å². The number of anilines is 1. The molecule has 0 aliphatic carbocycles. The van der Waals surface area contributed by atoms with Gasteiger partial charge < -0.3 is 11.1 Å². The van der Waals surface area contributed by atoms with Crippen LogP contribution < -0.4 is 11.1 Å². The number of nitrogens with two attached hydrogens (primary N) is 1. The van der Waals surface area contributed by atoms with Crippen molar-refractivity contribution >= 4 is 27.5 Å². The van der Waals surface area contributed by atoms with Gasteiger partial charge in [-0.05, 0) is 54.5 Å². The summed E-state index contributed by atoms with van der Waals surface area (Å²) < 4.78 is 27.3. The zero-order valence-electron chi connectivity index (χ0n) is 18.4. The summed E-state index contributed by atoms with van der Waals surface area (Å²) in [6, 6.07) is 12.5. The van der Waals surface area contributed by atoms with Crippen LogP contribution in [-0.4, -0.2) is 57.8 Å². The van der Waals surface area contributed by atoms with E-state index < -0.39 is 21.8 Å². The van der Waals surface area contributed by atoms with E-state index in [2.05, 4.69) is 20.7 Å². The number of aromatic nitrogens is 4. The second-order valence-electron chi connectivity index (χ2n) is 7.98. The molecule has 0 saturated carbocycles. The molecule has 0 spiro atoms. The molecule has 1 aliphatic heterocycles. The monoisotopic (exact) mass is 483 g/mol. The average molecular weight is 484 g/mol. The number of primary amides is 1. The van der Waals surface area contributed by atoms with Gasteiger partial charge in [0.15, 0.2) is 0 Å². The number of rotatable bonds is 7. The van der Waals surface area contributed by atoms with Gasteiger partial charge >= 0.3 is 0 Å². The van der Waals surface area contributed by atoms with E-state index in [-0.39, 0.29) is 11.4 Å². The molecule has 0 bridgehead atoms. The number of nitrogens with zero attached hydrogens (tertiary/aromatic N) is 5. The lowest BCUT2D eigenvalue weighted by Gasteiger charge is -2.20. The lowest BCUT2D eigenvalue weighted by atomic mass is 10.1. The minimum Gasteiger partial charge on any atom is -0.366 e. The van der Waals surface area contributed by atoms with Gasteiger partial charge in [-0.15, -0.1) is 10.2 Å². The van der Waals surface area contributed by atoms with Crippen LogP contribution in [0.5, 0.6) is 0 Å². The lowest BCUT2D eigenvalue weighted by Crippen LogP contribution is -2.31. The minimum absolute atomic E-state index is 0.180. The zero-order valence-corrected chi connectivity index (χ0v) is 19.2. The lowest BCUT2D eigenvalue weighted by molar-refractivity contribution is -0.117. The number of sulfonamides is 1. The highest BCUT2D eigenvalue weighted by atomic mass is 32.2. The van der Waals surface area contributed by atoms with Crippen molar-refractivity contribution in [1.29, 1.82) is 0 Å². The zero-order chi connectivity index (χ0) is 24.1. The van der Waals surface area contributed by atoms with Gasteiger partial charge in [0.05, 0.1) is 4.90 Å². The molecule has 0 atom stereocenters. The molecule has 11 nitrogen and oxygen atoms in total. The highest BCUT2D eigenvalue weighted by Crippen LogP contribution is 2.22. The predicted molar refractivity (Wildman–Crippen MR) is 124 cm³/mol. The van der Waals surface area contributed by atoms with E-state index in [9.17, 15) is 18.0 Å². The molecule has 2 amide bonds.